The number of ether oxygens (including phenoxy) is 3. The molecule has 0 N–H and O–H groups in total. The van der Waals surface area contributed by atoms with Crippen molar-refractivity contribution < 1.29 is 33.0 Å². The van der Waals surface area contributed by atoms with Gasteiger partial charge in [0, 0.05) is 5.56 Å². The van der Waals surface area contributed by atoms with E-state index in [-0.39, 0.29) is 23.9 Å². The minimum Gasteiger partial charge on any atom is -0.493 e. The summed E-state index contributed by atoms with van der Waals surface area (Å²) in [6.45, 7) is 1.39. The second kappa shape index (κ2) is 10.8. The third kappa shape index (κ3) is 5.60. The first-order valence-corrected chi connectivity index (χ1v) is 11.4. The molecule has 7 nitrogen and oxygen atoms in total. The highest BCUT2D eigenvalue weighted by Crippen LogP contribution is 2.37. The maximum atomic E-state index is 13.9. The van der Waals surface area contributed by atoms with E-state index in [1.54, 1.807) is 43.3 Å². The number of rotatable bonds is 8. The molecule has 0 spiro atoms. The van der Waals surface area contributed by atoms with Gasteiger partial charge in [0.2, 0.25) is 0 Å². The predicted molar refractivity (Wildman–Crippen MR) is 126 cm³/mol. The fourth-order valence-corrected chi connectivity index (χ4v) is 4.47. The van der Waals surface area contributed by atoms with Crippen LogP contribution in [0.25, 0.3) is 6.08 Å². The van der Waals surface area contributed by atoms with Gasteiger partial charge in [-0.05, 0) is 71.1 Å². The van der Waals surface area contributed by atoms with Crippen LogP contribution in [0.4, 0.5) is 9.18 Å². The highest BCUT2D eigenvalue weighted by molar-refractivity contribution is 14.1. The molecule has 0 atom stereocenters. The number of hydrogen-bond acceptors (Lipinski definition) is 7. The molecule has 1 saturated heterocycles. The smallest absolute Gasteiger partial charge is 0.326 e. The Morgan fingerprint density at radius 3 is 2.69 bits per heavy atom. The normalized spacial score (nSPS) is 14.8. The SMILES string of the molecule is CCOC(=O)CN1C(=O)S/C(=C\c2cc(I)c(OCc3ccccc3F)c(OC)c2)C1=O. The minimum absolute atomic E-state index is 0.0190. The number of thioether (sulfide) groups is 1. The number of carbonyl (C=O) groups is 3. The number of halogens is 2. The summed E-state index contributed by atoms with van der Waals surface area (Å²) < 4.78 is 30.6. The molecular weight excluding hydrogens is 552 g/mol. The van der Waals surface area contributed by atoms with Crippen LogP contribution in [0.5, 0.6) is 11.5 Å². The molecule has 0 aliphatic carbocycles. The molecule has 2 aromatic rings. The van der Waals surface area contributed by atoms with E-state index in [9.17, 15) is 18.8 Å². The number of esters is 1. The van der Waals surface area contributed by atoms with Crippen LogP contribution in [0.1, 0.15) is 18.1 Å². The average molecular weight is 571 g/mol. The van der Waals surface area contributed by atoms with Gasteiger partial charge in [-0.15, -0.1) is 0 Å². The van der Waals surface area contributed by atoms with E-state index < -0.39 is 23.7 Å². The molecule has 2 amide bonds. The van der Waals surface area contributed by atoms with Crippen molar-refractivity contribution >= 4 is 57.5 Å². The van der Waals surface area contributed by atoms with E-state index in [4.69, 9.17) is 14.2 Å². The zero-order valence-electron chi connectivity index (χ0n) is 17.2. The molecule has 32 heavy (non-hydrogen) atoms. The van der Waals surface area contributed by atoms with Crippen molar-refractivity contribution in [3.63, 3.8) is 0 Å². The first-order chi connectivity index (χ1) is 15.3. The van der Waals surface area contributed by atoms with Crippen LogP contribution in [-0.4, -0.2) is 42.3 Å². The maximum absolute atomic E-state index is 13.9. The monoisotopic (exact) mass is 571 g/mol. The van der Waals surface area contributed by atoms with Gasteiger partial charge < -0.3 is 14.2 Å². The van der Waals surface area contributed by atoms with Gasteiger partial charge in [0.15, 0.2) is 11.5 Å². The molecule has 3 rings (SSSR count). The lowest BCUT2D eigenvalue weighted by Crippen LogP contribution is -2.34. The number of hydrogen-bond donors (Lipinski definition) is 0. The molecule has 1 fully saturated rings. The summed E-state index contributed by atoms with van der Waals surface area (Å²) in [5, 5.41) is -0.541. The van der Waals surface area contributed by atoms with Gasteiger partial charge in [-0.2, -0.15) is 0 Å². The van der Waals surface area contributed by atoms with Crippen LogP contribution in [0.15, 0.2) is 41.3 Å². The lowest BCUT2D eigenvalue weighted by Gasteiger charge is -2.14. The predicted octanol–water partition coefficient (Wildman–Crippen LogP) is 4.62. The zero-order valence-corrected chi connectivity index (χ0v) is 20.2. The molecule has 0 unspecified atom stereocenters. The topological polar surface area (TPSA) is 82.1 Å². The molecule has 0 bridgehead atoms. The van der Waals surface area contributed by atoms with E-state index in [0.717, 1.165) is 16.7 Å². The summed E-state index contributed by atoms with van der Waals surface area (Å²) >= 11 is 2.80. The first kappa shape index (κ1) is 24.1. The highest BCUT2D eigenvalue weighted by Gasteiger charge is 2.36. The molecule has 10 heteroatoms. The van der Waals surface area contributed by atoms with Crippen molar-refractivity contribution in [3.8, 4) is 11.5 Å². The van der Waals surface area contributed by atoms with Crippen LogP contribution >= 0.6 is 34.4 Å². The molecule has 0 aromatic heterocycles. The minimum atomic E-state index is -0.649. The first-order valence-electron chi connectivity index (χ1n) is 9.48. The Morgan fingerprint density at radius 1 is 1.25 bits per heavy atom. The van der Waals surface area contributed by atoms with E-state index in [0.29, 0.717) is 26.2 Å². The lowest BCUT2D eigenvalue weighted by atomic mass is 10.1. The third-order valence-electron chi connectivity index (χ3n) is 4.35. The van der Waals surface area contributed by atoms with Gasteiger partial charge in [0.25, 0.3) is 11.1 Å². The molecule has 1 aliphatic rings. The van der Waals surface area contributed by atoms with Gasteiger partial charge in [-0.1, -0.05) is 18.2 Å². The number of benzene rings is 2. The van der Waals surface area contributed by atoms with Gasteiger partial charge in [0.1, 0.15) is 19.0 Å². The van der Waals surface area contributed by atoms with Crippen LogP contribution in [0.2, 0.25) is 0 Å². The molecule has 1 aliphatic heterocycles. The largest absolute Gasteiger partial charge is 0.493 e. The van der Waals surface area contributed by atoms with Crippen molar-refractivity contribution in [2.45, 2.75) is 13.5 Å². The Balaban J connectivity index is 1.80. The van der Waals surface area contributed by atoms with Gasteiger partial charge in [-0.25, -0.2) is 4.39 Å². The summed E-state index contributed by atoms with van der Waals surface area (Å²) in [6, 6.07) is 9.72. The lowest BCUT2D eigenvalue weighted by molar-refractivity contribution is -0.145. The summed E-state index contributed by atoms with van der Waals surface area (Å²) in [5.41, 5.74) is 1.01. The van der Waals surface area contributed by atoms with E-state index in [2.05, 4.69) is 22.6 Å². The number of amides is 2. The van der Waals surface area contributed by atoms with E-state index in [1.165, 1.54) is 13.2 Å². The Labute approximate surface area is 202 Å². The van der Waals surface area contributed by atoms with Crippen LogP contribution < -0.4 is 9.47 Å². The van der Waals surface area contributed by atoms with Crippen molar-refractivity contribution in [1.82, 2.24) is 4.90 Å². The maximum Gasteiger partial charge on any atom is 0.326 e. The second-order valence-corrected chi connectivity index (χ2v) is 8.64. The third-order valence-corrected chi connectivity index (χ3v) is 6.05. The molecule has 168 valence electrons. The second-order valence-electron chi connectivity index (χ2n) is 6.49. The quantitative estimate of drug-likeness (QED) is 0.260. The number of carbonyl (C=O) groups excluding carboxylic acids is 3. The van der Waals surface area contributed by atoms with Crippen molar-refractivity contribution in [2.24, 2.45) is 0 Å². The number of imide groups is 1. The van der Waals surface area contributed by atoms with E-state index in [1.807, 2.05) is 0 Å². The molecule has 0 radical (unpaired) electrons. The fourth-order valence-electron chi connectivity index (χ4n) is 2.85. The Kier molecular flexibility index (Phi) is 8.13. The summed E-state index contributed by atoms with van der Waals surface area (Å²) in [6.07, 6.45) is 1.54. The van der Waals surface area contributed by atoms with Crippen LogP contribution in [-0.2, 0) is 20.9 Å². The summed E-state index contributed by atoms with van der Waals surface area (Å²) in [4.78, 5) is 37.4. The number of methoxy groups -OCH3 is 1. The molecule has 0 saturated carbocycles. The highest BCUT2D eigenvalue weighted by atomic mass is 127. The van der Waals surface area contributed by atoms with Gasteiger partial charge in [0.05, 0.1) is 22.2 Å². The Hall–Kier alpha value is -2.60. The molecular formula is C22H19FINO6S. The standard InChI is InChI=1S/C22H19FINO6S/c1-3-30-19(26)11-25-21(27)18(32-22(25)28)10-13-8-16(24)20(17(9-13)29-2)31-12-14-6-4-5-7-15(14)23/h4-10H,3,11-12H2,1-2H3/b18-10-. The number of nitrogens with zero attached hydrogens (tertiary/aromatic N) is 1. The van der Waals surface area contributed by atoms with Crippen molar-refractivity contribution in [1.29, 1.82) is 0 Å². The average Bonchev–Trinajstić information content (AvgIpc) is 3.01. The van der Waals surface area contributed by atoms with Gasteiger partial charge >= 0.3 is 5.97 Å². The fraction of sp³-hybridized carbons (Fsp3) is 0.227. The Bertz CT molecular complexity index is 1090. The van der Waals surface area contributed by atoms with Gasteiger partial charge in [-0.3, -0.25) is 19.3 Å². The van der Waals surface area contributed by atoms with Crippen LogP contribution in [0.3, 0.4) is 0 Å². The Morgan fingerprint density at radius 2 is 2.00 bits per heavy atom. The molecule has 1 heterocycles. The summed E-state index contributed by atoms with van der Waals surface area (Å²) in [5.74, 6) is -0.753. The van der Waals surface area contributed by atoms with E-state index >= 15 is 0 Å². The zero-order chi connectivity index (χ0) is 23.3. The molecule has 2 aromatic carbocycles. The summed E-state index contributed by atoms with van der Waals surface area (Å²) in [7, 11) is 1.47. The van der Waals surface area contributed by atoms with Crippen LogP contribution in [0, 0.1) is 9.39 Å². The van der Waals surface area contributed by atoms with Crippen molar-refractivity contribution in [2.75, 3.05) is 20.3 Å². The van der Waals surface area contributed by atoms with Crippen molar-refractivity contribution in [3.05, 3.63) is 61.8 Å².